The highest BCUT2D eigenvalue weighted by Crippen LogP contribution is 2.18. The molecular weight excluding hydrogens is 460 g/mol. The number of nitrogens with two attached hydrogens (primary N) is 1. The van der Waals surface area contributed by atoms with Gasteiger partial charge in [0.2, 0.25) is 5.76 Å². The van der Waals surface area contributed by atoms with Gasteiger partial charge in [0.1, 0.15) is 11.4 Å². The van der Waals surface area contributed by atoms with E-state index in [9.17, 15) is 24.0 Å². The third-order valence-corrected chi connectivity index (χ3v) is 5.01. The van der Waals surface area contributed by atoms with Crippen LogP contribution >= 0.6 is 0 Å². The maximum Gasteiger partial charge on any atom is 0.374 e. The molecule has 35 heavy (non-hydrogen) atoms. The lowest BCUT2D eigenvalue weighted by Crippen LogP contribution is -2.44. The summed E-state index contributed by atoms with van der Waals surface area (Å²) in [5, 5.41) is 0.289. The maximum absolute atomic E-state index is 13.0. The van der Waals surface area contributed by atoms with Gasteiger partial charge in [-0.3, -0.25) is 28.8 Å². The monoisotopic (exact) mass is 486 g/mol. The highest BCUT2D eigenvalue weighted by Gasteiger charge is 2.26. The van der Waals surface area contributed by atoms with Crippen molar-refractivity contribution in [3.8, 4) is 0 Å². The number of carbonyl (C=O) groups excluding carboxylic acids is 2. The zero-order chi connectivity index (χ0) is 25.7. The Hall–Kier alpha value is -4.19. The summed E-state index contributed by atoms with van der Waals surface area (Å²) in [4.78, 5) is 65.7. The molecule has 0 radical (unpaired) electrons. The molecule has 186 valence electrons. The number of aromatic amines is 1. The summed E-state index contributed by atoms with van der Waals surface area (Å²) in [6.07, 6.45) is 0. The van der Waals surface area contributed by atoms with Gasteiger partial charge in [0, 0.05) is 26.3 Å². The molecule has 0 saturated heterocycles. The summed E-state index contributed by atoms with van der Waals surface area (Å²) in [6.45, 7) is 3.05. The van der Waals surface area contributed by atoms with Gasteiger partial charge in [0.15, 0.2) is 17.7 Å². The van der Waals surface area contributed by atoms with E-state index in [1.807, 2.05) is 13.8 Å². The van der Waals surface area contributed by atoms with E-state index in [4.69, 9.17) is 19.6 Å². The number of hydrogen-bond acceptors (Lipinski definition) is 9. The molecule has 3 N–H and O–H groups in total. The summed E-state index contributed by atoms with van der Waals surface area (Å²) < 4.78 is 16.6. The number of nitrogens with zero attached hydrogens (tertiary/aromatic N) is 2. The molecule has 3 rings (SSSR count). The minimum Gasteiger partial charge on any atom is -0.450 e. The quantitative estimate of drug-likeness (QED) is 0.414. The number of benzene rings is 1. The van der Waals surface area contributed by atoms with Crippen molar-refractivity contribution < 1.29 is 23.5 Å². The van der Waals surface area contributed by atoms with Crippen LogP contribution < -0.4 is 27.3 Å². The van der Waals surface area contributed by atoms with E-state index in [0.717, 1.165) is 15.5 Å². The van der Waals surface area contributed by atoms with Gasteiger partial charge in [0.25, 0.3) is 11.5 Å². The number of ether oxygens (including phenoxy) is 2. The molecule has 12 nitrogen and oxygen atoms in total. The average Bonchev–Trinajstić information content (AvgIpc) is 2.81. The molecule has 0 bridgehead atoms. The Morgan fingerprint density at radius 1 is 1.20 bits per heavy atom. The number of amides is 1. The fourth-order valence-corrected chi connectivity index (χ4v) is 3.41. The molecule has 0 atom stereocenters. The van der Waals surface area contributed by atoms with Crippen LogP contribution in [0.5, 0.6) is 0 Å². The Morgan fingerprint density at radius 3 is 2.60 bits per heavy atom. The van der Waals surface area contributed by atoms with Crippen molar-refractivity contribution in [1.82, 2.24) is 9.55 Å². The highest BCUT2D eigenvalue weighted by molar-refractivity contribution is 5.98. The Bertz CT molecular complexity index is 1420. The minimum absolute atomic E-state index is 0.0226. The second-order valence-corrected chi connectivity index (χ2v) is 8.08. The molecule has 0 saturated carbocycles. The van der Waals surface area contributed by atoms with Crippen LogP contribution in [0.1, 0.15) is 24.4 Å². The smallest absolute Gasteiger partial charge is 0.374 e. The average molecular weight is 486 g/mol. The molecule has 3 aromatic rings. The predicted molar refractivity (Wildman–Crippen MR) is 128 cm³/mol. The number of para-hydroxylation sites is 1. The summed E-state index contributed by atoms with van der Waals surface area (Å²) in [5.41, 5.74) is 4.01. The number of carbonyl (C=O) groups is 2. The SMILES string of the molecule is COCCN(C(=O)COC(=O)c1cc(=O)c2ccccc2o1)c1c(N)n(CC(C)C)c(=O)[nH]c1=O. The third-order valence-electron chi connectivity index (χ3n) is 5.01. The van der Waals surface area contributed by atoms with Crippen LogP contribution in [-0.4, -0.2) is 48.3 Å². The first-order chi connectivity index (χ1) is 16.6. The topological polar surface area (TPSA) is 167 Å². The standard InChI is InChI=1S/C23H26N4O8/c1-13(2)11-27-20(24)19(21(30)25-23(27)32)26(8-9-33-3)18(29)12-34-22(31)17-10-15(28)14-6-4-5-7-16(14)35-17/h4-7,10,13H,8-9,11-12,24H2,1-3H3,(H,25,30,32). The number of anilines is 2. The van der Waals surface area contributed by atoms with Crippen LogP contribution in [-0.2, 0) is 20.8 Å². The second kappa shape index (κ2) is 10.8. The molecule has 0 fully saturated rings. The first kappa shape index (κ1) is 25.4. The molecule has 0 aliphatic heterocycles. The van der Waals surface area contributed by atoms with Crippen LogP contribution in [0, 0.1) is 5.92 Å². The second-order valence-electron chi connectivity index (χ2n) is 8.08. The molecule has 0 aliphatic rings. The molecule has 2 aromatic heterocycles. The lowest BCUT2D eigenvalue weighted by atomic mass is 10.2. The van der Waals surface area contributed by atoms with Crippen molar-refractivity contribution in [3.63, 3.8) is 0 Å². The van der Waals surface area contributed by atoms with E-state index in [-0.39, 0.29) is 53.8 Å². The Morgan fingerprint density at radius 2 is 1.91 bits per heavy atom. The molecule has 1 aromatic carbocycles. The molecule has 0 aliphatic carbocycles. The highest BCUT2D eigenvalue weighted by atomic mass is 16.5. The summed E-state index contributed by atoms with van der Waals surface area (Å²) >= 11 is 0. The Kier molecular flexibility index (Phi) is 7.87. The number of H-pyrrole nitrogens is 1. The van der Waals surface area contributed by atoms with Crippen molar-refractivity contribution in [2.24, 2.45) is 5.92 Å². The van der Waals surface area contributed by atoms with Crippen molar-refractivity contribution >= 4 is 34.4 Å². The molecular formula is C23H26N4O8. The zero-order valence-corrected chi connectivity index (χ0v) is 19.5. The molecule has 0 unspecified atom stereocenters. The van der Waals surface area contributed by atoms with Crippen LogP contribution in [0.2, 0.25) is 0 Å². The number of aromatic nitrogens is 2. The van der Waals surface area contributed by atoms with E-state index >= 15 is 0 Å². The van der Waals surface area contributed by atoms with E-state index in [2.05, 4.69) is 4.98 Å². The van der Waals surface area contributed by atoms with E-state index < -0.39 is 35.2 Å². The van der Waals surface area contributed by atoms with E-state index in [1.165, 1.54) is 13.2 Å². The van der Waals surface area contributed by atoms with Gasteiger partial charge in [0.05, 0.1) is 12.0 Å². The molecule has 12 heteroatoms. The van der Waals surface area contributed by atoms with Crippen molar-refractivity contribution in [2.45, 2.75) is 20.4 Å². The van der Waals surface area contributed by atoms with Crippen LogP contribution in [0.15, 0.2) is 49.1 Å². The van der Waals surface area contributed by atoms with Gasteiger partial charge in [-0.25, -0.2) is 9.59 Å². The first-order valence-electron chi connectivity index (χ1n) is 10.8. The number of nitrogens with one attached hydrogen (secondary N) is 1. The van der Waals surface area contributed by atoms with Gasteiger partial charge in [-0.15, -0.1) is 0 Å². The summed E-state index contributed by atoms with van der Waals surface area (Å²) in [5.74, 6) is -2.41. The first-order valence-corrected chi connectivity index (χ1v) is 10.8. The summed E-state index contributed by atoms with van der Waals surface area (Å²) in [7, 11) is 1.40. The largest absolute Gasteiger partial charge is 0.450 e. The number of esters is 1. The fraction of sp³-hybridized carbons (Fsp3) is 0.348. The molecule has 2 heterocycles. The number of nitrogen functional groups attached to an aromatic ring is 1. The molecule has 0 spiro atoms. The lowest BCUT2D eigenvalue weighted by Gasteiger charge is -2.24. The number of methoxy groups -OCH3 is 1. The normalized spacial score (nSPS) is 11.1. The number of fused-ring (bicyclic) bond motifs is 1. The fourth-order valence-electron chi connectivity index (χ4n) is 3.41. The van der Waals surface area contributed by atoms with Crippen molar-refractivity contribution in [1.29, 1.82) is 0 Å². The molecule has 1 amide bonds. The maximum atomic E-state index is 13.0. The van der Waals surface area contributed by atoms with Crippen molar-refractivity contribution in [3.05, 3.63) is 67.2 Å². The number of rotatable bonds is 9. The third kappa shape index (κ3) is 5.66. The summed E-state index contributed by atoms with van der Waals surface area (Å²) in [6, 6.07) is 7.34. The van der Waals surface area contributed by atoms with Crippen LogP contribution in [0.25, 0.3) is 11.0 Å². The van der Waals surface area contributed by atoms with Gasteiger partial charge in [-0.1, -0.05) is 26.0 Å². The minimum atomic E-state index is -1.04. The van der Waals surface area contributed by atoms with Crippen molar-refractivity contribution in [2.75, 3.05) is 37.5 Å². The zero-order valence-electron chi connectivity index (χ0n) is 19.5. The van der Waals surface area contributed by atoms with Gasteiger partial charge < -0.3 is 19.6 Å². The lowest BCUT2D eigenvalue weighted by molar-refractivity contribution is -0.121. The van der Waals surface area contributed by atoms with Crippen LogP contribution in [0.3, 0.4) is 0 Å². The van der Waals surface area contributed by atoms with Gasteiger partial charge >= 0.3 is 11.7 Å². The van der Waals surface area contributed by atoms with Crippen LogP contribution in [0.4, 0.5) is 11.5 Å². The Balaban J connectivity index is 1.88. The van der Waals surface area contributed by atoms with Gasteiger partial charge in [-0.05, 0) is 18.1 Å². The van der Waals surface area contributed by atoms with Gasteiger partial charge in [-0.2, -0.15) is 0 Å². The van der Waals surface area contributed by atoms with E-state index in [0.29, 0.717) is 0 Å². The number of hydrogen-bond donors (Lipinski definition) is 2. The van der Waals surface area contributed by atoms with E-state index in [1.54, 1.807) is 18.2 Å². The Labute approximate surface area is 198 Å². The predicted octanol–water partition coefficient (Wildman–Crippen LogP) is 0.718.